The minimum Gasteiger partial charge on any atom is -0.488 e. The van der Waals surface area contributed by atoms with Crippen LogP contribution in [0.5, 0.6) is 5.75 Å². The average molecular weight is 686 g/mol. The lowest BCUT2D eigenvalue weighted by molar-refractivity contribution is -0.166. The van der Waals surface area contributed by atoms with E-state index in [-0.39, 0.29) is 24.1 Å². The standard InChI is InChI=1S/C41H55N3O6/c1-10-47-35-25-44(24-21-33(35)38(45)49-40(4,5)6)36-16-12-15-34(42-36)32-14-11-13-27(2)37(32)48-26-30-18-17-29-19-22-43(23-20-31(29)28(30)3)39(46)50-41(7,8)9/h11-18,33,35H,10,19-26H2,1-9H3/t33-,35+/m0/s1. The van der Waals surface area contributed by atoms with Crippen LogP contribution in [0.1, 0.15) is 82.7 Å². The molecule has 2 aliphatic heterocycles. The molecule has 50 heavy (non-hydrogen) atoms. The van der Waals surface area contributed by atoms with Crippen molar-refractivity contribution in [1.29, 1.82) is 0 Å². The Hall–Kier alpha value is -4.11. The van der Waals surface area contributed by atoms with Gasteiger partial charge in [0.2, 0.25) is 0 Å². The quantitative estimate of drug-likeness (QED) is 0.222. The summed E-state index contributed by atoms with van der Waals surface area (Å²) in [7, 11) is 0. The van der Waals surface area contributed by atoms with E-state index in [0.29, 0.717) is 45.8 Å². The number of esters is 1. The van der Waals surface area contributed by atoms with Crippen molar-refractivity contribution in [3.63, 3.8) is 0 Å². The monoisotopic (exact) mass is 685 g/mol. The summed E-state index contributed by atoms with van der Waals surface area (Å²) < 4.78 is 24.1. The van der Waals surface area contributed by atoms with Gasteiger partial charge in [0.25, 0.3) is 0 Å². The van der Waals surface area contributed by atoms with Crippen LogP contribution >= 0.6 is 0 Å². The van der Waals surface area contributed by atoms with Gasteiger partial charge in [0.05, 0.1) is 17.7 Å². The molecule has 0 radical (unpaired) electrons. The number of carbonyl (C=O) groups is 2. The van der Waals surface area contributed by atoms with Gasteiger partial charge in [-0.3, -0.25) is 4.79 Å². The van der Waals surface area contributed by atoms with Crippen LogP contribution in [0.4, 0.5) is 10.6 Å². The lowest BCUT2D eigenvalue weighted by Gasteiger charge is -2.38. The number of nitrogens with zero attached hydrogens (tertiary/aromatic N) is 3. The number of hydrogen-bond acceptors (Lipinski definition) is 8. The first-order valence-corrected chi connectivity index (χ1v) is 18.0. The molecule has 1 amide bonds. The Bertz CT molecular complexity index is 1670. The van der Waals surface area contributed by atoms with E-state index in [4.69, 9.17) is 23.9 Å². The van der Waals surface area contributed by atoms with Gasteiger partial charge in [0.1, 0.15) is 29.4 Å². The molecule has 0 spiro atoms. The Kier molecular flexibility index (Phi) is 11.5. The highest BCUT2D eigenvalue weighted by atomic mass is 16.6. The number of aryl methyl sites for hydroxylation is 1. The summed E-state index contributed by atoms with van der Waals surface area (Å²) in [6.45, 7) is 21.0. The van der Waals surface area contributed by atoms with Crippen molar-refractivity contribution >= 4 is 17.9 Å². The molecule has 270 valence electrons. The number of pyridine rings is 1. The van der Waals surface area contributed by atoms with E-state index in [0.717, 1.165) is 46.8 Å². The van der Waals surface area contributed by atoms with Crippen LogP contribution in [0, 0.1) is 19.8 Å². The molecular formula is C41H55N3O6. The fourth-order valence-electron chi connectivity index (χ4n) is 6.82. The van der Waals surface area contributed by atoms with Gasteiger partial charge in [-0.1, -0.05) is 30.3 Å². The fourth-order valence-corrected chi connectivity index (χ4v) is 6.82. The predicted molar refractivity (Wildman–Crippen MR) is 197 cm³/mol. The summed E-state index contributed by atoms with van der Waals surface area (Å²) in [4.78, 5) is 35.0. The molecule has 0 bridgehead atoms. The molecule has 0 saturated carbocycles. The maximum Gasteiger partial charge on any atom is 0.410 e. The first kappa shape index (κ1) is 37.2. The van der Waals surface area contributed by atoms with Crippen molar-refractivity contribution in [2.24, 2.45) is 5.92 Å². The number of hydrogen-bond donors (Lipinski definition) is 0. The molecule has 5 rings (SSSR count). The maximum absolute atomic E-state index is 13.0. The lowest BCUT2D eigenvalue weighted by Crippen LogP contribution is -2.49. The highest BCUT2D eigenvalue weighted by Crippen LogP contribution is 2.35. The van der Waals surface area contributed by atoms with Gasteiger partial charge in [0, 0.05) is 38.3 Å². The van der Waals surface area contributed by atoms with Gasteiger partial charge in [-0.2, -0.15) is 0 Å². The number of carbonyl (C=O) groups excluding carboxylic acids is 2. The number of amides is 1. The number of rotatable bonds is 8. The van der Waals surface area contributed by atoms with Gasteiger partial charge in [-0.05, 0) is 128 Å². The molecule has 2 aliphatic rings. The number of piperidine rings is 1. The Labute approximate surface area is 298 Å². The smallest absolute Gasteiger partial charge is 0.410 e. The molecule has 2 atom stereocenters. The maximum atomic E-state index is 13.0. The summed E-state index contributed by atoms with van der Waals surface area (Å²) in [5.74, 6) is 1.12. The number of fused-ring (bicyclic) bond motifs is 1. The van der Waals surface area contributed by atoms with Crippen LogP contribution in [-0.2, 0) is 38.5 Å². The van der Waals surface area contributed by atoms with Crippen molar-refractivity contribution < 1.29 is 28.5 Å². The summed E-state index contributed by atoms with van der Waals surface area (Å²) in [5.41, 5.74) is 6.62. The molecule has 3 aromatic rings. The van der Waals surface area contributed by atoms with Crippen molar-refractivity contribution in [1.82, 2.24) is 9.88 Å². The largest absolute Gasteiger partial charge is 0.488 e. The van der Waals surface area contributed by atoms with Crippen LogP contribution in [0.3, 0.4) is 0 Å². The van der Waals surface area contributed by atoms with E-state index < -0.39 is 11.2 Å². The summed E-state index contributed by atoms with van der Waals surface area (Å²) in [6.07, 6.45) is 1.67. The minimum absolute atomic E-state index is 0.202. The summed E-state index contributed by atoms with van der Waals surface area (Å²) >= 11 is 0. The first-order chi connectivity index (χ1) is 23.6. The van der Waals surface area contributed by atoms with E-state index in [1.807, 2.05) is 77.6 Å². The predicted octanol–water partition coefficient (Wildman–Crippen LogP) is 7.85. The van der Waals surface area contributed by atoms with Gasteiger partial charge in [0.15, 0.2) is 0 Å². The average Bonchev–Trinajstić information content (AvgIpc) is 3.27. The lowest BCUT2D eigenvalue weighted by atomic mass is 9.93. The molecule has 3 heterocycles. The molecule has 1 aromatic heterocycles. The number of aromatic nitrogens is 1. The van der Waals surface area contributed by atoms with E-state index in [9.17, 15) is 9.59 Å². The zero-order valence-electron chi connectivity index (χ0n) is 31.4. The number of ether oxygens (including phenoxy) is 4. The summed E-state index contributed by atoms with van der Waals surface area (Å²) in [6, 6.07) is 16.5. The van der Waals surface area contributed by atoms with Crippen molar-refractivity contribution in [3.8, 4) is 17.0 Å². The molecule has 9 heteroatoms. The zero-order chi connectivity index (χ0) is 36.2. The molecule has 1 fully saturated rings. The van der Waals surface area contributed by atoms with Crippen molar-refractivity contribution in [2.75, 3.05) is 37.7 Å². The third kappa shape index (κ3) is 9.16. The van der Waals surface area contributed by atoms with Crippen LogP contribution in [0.15, 0.2) is 48.5 Å². The number of anilines is 1. The second kappa shape index (κ2) is 15.4. The minimum atomic E-state index is -0.544. The summed E-state index contributed by atoms with van der Waals surface area (Å²) in [5, 5.41) is 0. The third-order valence-electron chi connectivity index (χ3n) is 9.31. The Morgan fingerprint density at radius 2 is 1.60 bits per heavy atom. The molecular weight excluding hydrogens is 630 g/mol. The van der Waals surface area contributed by atoms with E-state index >= 15 is 0 Å². The SMILES string of the molecule is CCO[C@@H]1CN(c2cccc(-c3cccc(C)c3OCc3ccc4c(c3C)CCN(C(=O)OC(C)(C)C)CC4)n2)CC[C@@H]1C(=O)OC(C)(C)C. The van der Waals surface area contributed by atoms with E-state index in [1.54, 1.807) is 0 Å². The fraction of sp³-hybridized carbons (Fsp3) is 0.537. The Morgan fingerprint density at radius 3 is 2.32 bits per heavy atom. The molecule has 2 aromatic carbocycles. The van der Waals surface area contributed by atoms with Gasteiger partial charge >= 0.3 is 12.1 Å². The van der Waals surface area contributed by atoms with Crippen LogP contribution in [-0.4, -0.2) is 72.0 Å². The number of benzene rings is 2. The van der Waals surface area contributed by atoms with E-state index in [2.05, 4.69) is 43.0 Å². The number of para-hydroxylation sites is 1. The third-order valence-corrected chi connectivity index (χ3v) is 9.31. The normalized spacial score (nSPS) is 18.3. The van der Waals surface area contributed by atoms with Crippen LogP contribution < -0.4 is 9.64 Å². The van der Waals surface area contributed by atoms with Gasteiger partial charge < -0.3 is 28.7 Å². The highest BCUT2D eigenvalue weighted by Gasteiger charge is 2.38. The van der Waals surface area contributed by atoms with Crippen LogP contribution in [0.2, 0.25) is 0 Å². The second-order valence-electron chi connectivity index (χ2n) is 15.4. The first-order valence-electron chi connectivity index (χ1n) is 18.0. The molecule has 0 N–H and O–H groups in total. The molecule has 9 nitrogen and oxygen atoms in total. The zero-order valence-corrected chi connectivity index (χ0v) is 31.4. The second-order valence-corrected chi connectivity index (χ2v) is 15.4. The molecule has 0 unspecified atom stereocenters. The Balaban J connectivity index is 1.31. The molecule has 1 saturated heterocycles. The van der Waals surface area contributed by atoms with Gasteiger partial charge in [-0.25, -0.2) is 9.78 Å². The molecule has 0 aliphatic carbocycles. The van der Waals surface area contributed by atoms with Gasteiger partial charge in [-0.15, -0.1) is 0 Å². The van der Waals surface area contributed by atoms with Crippen molar-refractivity contribution in [2.45, 2.75) is 105 Å². The highest BCUT2D eigenvalue weighted by molar-refractivity contribution is 5.74. The topological polar surface area (TPSA) is 90.4 Å². The van der Waals surface area contributed by atoms with Crippen molar-refractivity contribution in [3.05, 3.63) is 76.3 Å². The van der Waals surface area contributed by atoms with E-state index in [1.165, 1.54) is 16.7 Å². The van der Waals surface area contributed by atoms with Crippen LogP contribution in [0.25, 0.3) is 11.3 Å². The Morgan fingerprint density at radius 1 is 0.880 bits per heavy atom.